The van der Waals surface area contributed by atoms with Crippen LogP contribution >= 0.6 is 0 Å². The van der Waals surface area contributed by atoms with E-state index in [4.69, 9.17) is 0 Å². The molecular weight excluding hydrogens is 243 g/mol. The number of alkyl halides is 1. The summed E-state index contributed by atoms with van der Waals surface area (Å²) in [7, 11) is 0. The lowest BCUT2D eigenvalue weighted by Gasteiger charge is -2.18. The summed E-state index contributed by atoms with van der Waals surface area (Å²) in [6.45, 7) is 3.42. The minimum absolute atomic E-state index is 0.303. The van der Waals surface area contributed by atoms with Crippen LogP contribution in [0.4, 0.5) is 4.39 Å². The molecule has 3 rings (SSSR count). The predicted molar refractivity (Wildman–Crippen MR) is 72.7 cm³/mol. The summed E-state index contributed by atoms with van der Waals surface area (Å²) in [4.78, 5) is 6.31. The van der Waals surface area contributed by atoms with Gasteiger partial charge < -0.3 is 5.11 Å². The molecule has 0 unspecified atom stereocenters. The number of aliphatic hydroxyl groups is 1. The summed E-state index contributed by atoms with van der Waals surface area (Å²) in [6, 6.07) is 8.02. The highest BCUT2D eigenvalue weighted by Crippen LogP contribution is 2.24. The van der Waals surface area contributed by atoms with Crippen molar-refractivity contribution >= 4 is 10.9 Å². The average Bonchev–Trinajstić information content (AvgIpc) is 2.72. The molecule has 0 spiro atoms. The number of aryl methyl sites for hydroxylation is 1. The van der Waals surface area contributed by atoms with E-state index in [1.165, 1.54) is 11.1 Å². The molecule has 0 aliphatic carbocycles. The van der Waals surface area contributed by atoms with Gasteiger partial charge in [0.15, 0.2) is 0 Å². The lowest BCUT2D eigenvalue weighted by Crippen LogP contribution is -2.22. The largest absolute Gasteiger partial charge is 0.389 e. The topological polar surface area (TPSA) is 36.4 Å². The molecule has 0 amide bonds. The Kier molecular flexibility index (Phi) is 3.21. The summed E-state index contributed by atoms with van der Waals surface area (Å²) in [6.07, 6.45) is -0.208. The highest BCUT2D eigenvalue weighted by atomic mass is 19.1. The van der Waals surface area contributed by atoms with Crippen LogP contribution in [0.25, 0.3) is 10.9 Å². The normalized spacial score (nSPS) is 24.2. The average molecular weight is 260 g/mol. The third kappa shape index (κ3) is 2.33. The third-order valence-electron chi connectivity index (χ3n) is 3.81. The first kappa shape index (κ1) is 12.5. The van der Waals surface area contributed by atoms with Crippen molar-refractivity contribution in [3.63, 3.8) is 0 Å². The van der Waals surface area contributed by atoms with E-state index in [1.807, 2.05) is 29.2 Å². The van der Waals surface area contributed by atoms with Crippen molar-refractivity contribution in [2.75, 3.05) is 13.1 Å². The van der Waals surface area contributed by atoms with Gasteiger partial charge >= 0.3 is 0 Å². The number of aliphatic hydroxyl groups excluding tert-OH is 1. The molecule has 3 nitrogen and oxygen atoms in total. The Morgan fingerprint density at radius 3 is 2.95 bits per heavy atom. The Labute approximate surface area is 111 Å². The second kappa shape index (κ2) is 4.87. The molecule has 4 heteroatoms. The van der Waals surface area contributed by atoms with Gasteiger partial charge in [0.05, 0.1) is 11.6 Å². The molecule has 1 aliphatic heterocycles. The standard InChI is InChI=1S/C15H17FN2O/c1-10-4-5-14-11(3-2-6-17-14)12(10)7-18-8-13(16)15(19)9-18/h2-6,13,15,19H,7-9H2,1H3/t13-,15-/m1/s1. The van der Waals surface area contributed by atoms with E-state index in [0.717, 1.165) is 10.9 Å². The highest BCUT2D eigenvalue weighted by Gasteiger charge is 2.31. The minimum atomic E-state index is -1.13. The molecule has 1 N–H and O–H groups in total. The van der Waals surface area contributed by atoms with Crippen LogP contribution in [-0.4, -0.2) is 40.4 Å². The minimum Gasteiger partial charge on any atom is -0.389 e. The van der Waals surface area contributed by atoms with Gasteiger partial charge in [-0.15, -0.1) is 0 Å². The van der Waals surface area contributed by atoms with Crippen molar-refractivity contribution in [2.45, 2.75) is 25.7 Å². The molecule has 1 fully saturated rings. The maximum atomic E-state index is 13.4. The Morgan fingerprint density at radius 1 is 1.37 bits per heavy atom. The van der Waals surface area contributed by atoms with Crippen molar-refractivity contribution in [3.05, 3.63) is 41.6 Å². The van der Waals surface area contributed by atoms with Gasteiger partial charge in [-0.1, -0.05) is 12.1 Å². The Morgan fingerprint density at radius 2 is 2.21 bits per heavy atom. The molecule has 2 aromatic rings. The number of β-amino-alcohol motifs (C(OH)–C–C–N with tert-alkyl or cyclic N) is 1. The smallest absolute Gasteiger partial charge is 0.140 e. The molecule has 0 saturated carbocycles. The van der Waals surface area contributed by atoms with Crippen molar-refractivity contribution in [1.29, 1.82) is 0 Å². The maximum absolute atomic E-state index is 13.4. The van der Waals surface area contributed by atoms with Gasteiger partial charge in [0, 0.05) is 31.2 Å². The van der Waals surface area contributed by atoms with Gasteiger partial charge in [-0.25, -0.2) is 4.39 Å². The van der Waals surface area contributed by atoms with E-state index in [2.05, 4.69) is 11.9 Å². The zero-order valence-electron chi connectivity index (χ0n) is 10.9. The van der Waals surface area contributed by atoms with Crippen LogP contribution in [-0.2, 0) is 6.54 Å². The highest BCUT2D eigenvalue weighted by molar-refractivity contribution is 5.83. The van der Waals surface area contributed by atoms with Crippen molar-refractivity contribution in [2.24, 2.45) is 0 Å². The first-order valence-corrected chi connectivity index (χ1v) is 6.53. The van der Waals surface area contributed by atoms with Gasteiger partial charge in [-0.2, -0.15) is 0 Å². The number of rotatable bonds is 2. The number of fused-ring (bicyclic) bond motifs is 1. The molecule has 1 aromatic heterocycles. The molecule has 2 atom stereocenters. The van der Waals surface area contributed by atoms with Crippen molar-refractivity contribution < 1.29 is 9.50 Å². The zero-order valence-corrected chi connectivity index (χ0v) is 10.9. The van der Waals surface area contributed by atoms with E-state index >= 15 is 0 Å². The van der Waals surface area contributed by atoms with Gasteiger partial charge in [-0.05, 0) is 30.2 Å². The van der Waals surface area contributed by atoms with Crippen LogP contribution in [0.1, 0.15) is 11.1 Å². The summed E-state index contributed by atoms with van der Waals surface area (Å²) in [5, 5.41) is 10.6. The molecule has 0 radical (unpaired) electrons. The third-order valence-corrected chi connectivity index (χ3v) is 3.81. The monoisotopic (exact) mass is 260 g/mol. The fourth-order valence-corrected chi connectivity index (χ4v) is 2.71. The lowest BCUT2D eigenvalue weighted by atomic mass is 10.0. The number of likely N-dealkylation sites (tertiary alicyclic amines) is 1. The molecule has 1 aromatic carbocycles. The lowest BCUT2D eigenvalue weighted by molar-refractivity contribution is 0.115. The molecule has 1 saturated heterocycles. The second-order valence-electron chi connectivity index (χ2n) is 5.21. The number of pyridine rings is 1. The van der Waals surface area contributed by atoms with E-state index in [0.29, 0.717) is 19.6 Å². The van der Waals surface area contributed by atoms with Crippen LogP contribution in [0.2, 0.25) is 0 Å². The summed E-state index contributed by atoms with van der Waals surface area (Å²) < 4.78 is 13.4. The second-order valence-corrected chi connectivity index (χ2v) is 5.21. The SMILES string of the molecule is Cc1ccc2ncccc2c1CN1C[C@@H](O)[C@H](F)C1. The number of halogens is 1. The zero-order chi connectivity index (χ0) is 13.4. The van der Waals surface area contributed by atoms with Crippen LogP contribution < -0.4 is 0 Å². The van der Waals surface area contributed by atoms with Crippen molar-refractivity contribution in [3.8, 4) is 0 Å². The molecule has 1 aliphatic rings. The number of hydrogen-bond acceptors (Lipinski definition) is 3. The van der Waals surface area contributed by atoms with E-state index in [-0.39, 0.29) is 0 Å². The fraction of sp³-hybridized carbons (Fsp3) is 0.400. The number of nitrogens with zero attached hydrogens (tertiary/aromatic N) is 2. The Balaban J connectivity index is 1.94. The maximum Gasteiger partial charge on any atom is 0.140 e. The van der Waals surface area contributed by atoms with E-state index in [1.54, 1.807) is 6.20 Å². The van der Waals surface area contributed by atoms with Gasteiger partial charge in [0.1, 0.15) is 6.17 Å². The molecular formula is C15H17FN2O. The van der Waals surface area contributed by atoms with Crippen LogP contribution in [0.5, 0.6) is 0 Å². The molecule has 2 heterocycles. The number of benzene rings is 1. The summed E-state index contributed by atoms with van der Waals surface area (Å²) in [5.74, 6) is 0. The molecule has 19 heavy (non-hydrogen) atoms. The molecule has 0 bridgehead atoms. The Hall–Kier alpha value is -1.52. The van der Waals surface area contributed by atoms with E-state index < -0.39 is 12.3 Å². The van der Waals surface area contributed by atoms with Gasteiger partial charge in [-0.3, -0.25) is 9.88 Å². The van der Waals surface area contributed by atoms with Crippen LogP contribution in [0, 0.1) is 6.92 Å². The van der Waals surface area contributed by atoms with Gasteiger partial charge in [0.2, 0.25) is 0 Å². The summed E-state index contributed by atoms with van der Waals surface area (Å²) in [5.41, 5.74) is 3.31. The summed E-state index contributed by atoms with van der Waals surface area (Å²) >= 11 is 0. The Bertz CT molecular complexity index is 592. The van der Waals surface area contributed by atoms with Crippen LogP contribution in [0.15, 0.2) is 30.5 Å². The van der Waals surface area contributed by atoms with Crippen LogP contribution in [0.3, 0.4) is 0 Å². The van der Waals surface area contributed by atoms with E-state index in [9.17, 15) is 9.50 Å². The first-order valence-electron chi connectivity index (χ1n) is 6.53. The van der Waals surface area contributed by atoms with Crippen molar-refractivity contribution in [1.82, 2.24) is 9.88 Å². The number of hydrogen-bond donors (Lipinski definition) is 1. The van der Waals surface area contributed by atoms with Gasteiger partial charge in [0.25, 0.3) is 0 Å². The fourth-order valence-electron chi connectivity index (χ4n) is 2.71. The molecule has 100 valence electrons. The first-order chi connectivity index (χ1) is 9.15. The predicted octanol–water partition coefficient (Wildman–Crippen LogP) is 2.06. The number of aromatic nitrogens is 1. The quantitative estimate of drug-likeness (QED) is 0.898.